The third-order valence-electron chi connectivity index (χ3n) is 4.66. The monoisotopic (exact) mass is 382 g/mol. The van der Waals surface area contributed by atoms with Crippen molar-refractivity contribution in [1.29, 1.82) is 0 Å². The lowest BCUT2D eigenvalue weighted by Gasteiger charge is -2.24. The number of amidine groups is 1. The molecule has 0 aliphatic carbocycles. The summed E-state index contributed by atoms with van der Waals surface area (Å²) in [5.41, 5.74) is 0.827. The van der Waals surface area contributed by atoms with Crippen molar-refractivity contribution in [1.82, 2.24) is 0 Å². The van der Waals surface area contributed by atoms with Crippen LogP contribution in [-0.4, -0.2) is 49.4 Å². The van der Waals surface area contributed by atoms with Gasteiger partial charge in [0.1, 0.15) is 5.75 Å². The third kappa shape index (κ3) is 3.69. The van der Waals surface area contributed by atoms with Crippen molar-refractivity contribution in [2.24, 2.45) is 10.9 Å². The molecule has 2 aliphatic heterocycles. The molecule has 3 atom stereocenters. The molecular weight excluding hydrogens is 360 g/mol. The number of amides is 1. The van der Waals surface area contributed by atoms with Crippen LogP contribution in [0.15, 0.2) is 29.3 Å². The maximum absolute atomic E-state index is 12.3. The van der Waals surface area contributed by atoms with E-state index in [1.54, 1.807) is 7.11 Å². The summed E-state index contributed by atoms with van der Waals surface area (Å²) < 4.78 is 29.3. The summed E-state index contributed by atoms with van der Waals surface area (Å²) in [5, 5.41) is 0.510. The summed E-state index contributed by atoms with van der Waals surface area (Å²) in [5.74, 6) is 0.639. The number of ether oxygens (including phenoxy) is 1. The van der Waals surface area contributed by atoms with Gasteiger partial charge >= 0.3 is 0 Å². The molecule has 2 heterocycles. The highest BCUT2D eigenvalue weighted by atomic mass is 32.2. The number of aliphatic imine (C=N–C) groups is 1. The summed E-state index contributed by atoms with van der Waals surface area (Å²) in [6.07, 6.45) is 0.726. The first-order valence-corrected chi connectivity index (χ1v) is 11.0. The van der Waals surface area contributed by atoms with Crippen LogP contribution in [0.4, 0.5) is 5.69 Å². The molecule has 0 bridgehead atoms. The zero-order valence-electron chi connectivity index (χ0n) is 14.5. The molecule has 0 spiro atoms. The first-order valence-electron chi connectivity index (χ1n) is 8.27. The van der Waals surface area contributed by atoms with Gasteiger partial charge < -0.3 is 9.64 Å². The molecule has 1 aromatic carbocycles. The predicted octanol–water partition coefficient (Wildman–Crippen LogP) is 2.34. The van der Waals surface area contributed by atoms with Gasteiger partial charge in [-0.2, -0.15) is 4.99 Å². The third-order valence-corrected chi connectivity index (χ3v) is 7.87. The number of methoxy groups -OCH3 is 1. The van der Waals surface area contributed by atoms with Crippen LogP contribution in [0.1, 0.15) is 20.3 Å². The van der Waals surface area contributed by atoms with Crippen LogP contribution in [0.2, 0.25) is 0 Å². The van der Waals surface area contributed by atoms with Gasteiger partial charge in [-0.3, -0.25) is 4.79 Å². The minimum atomic E-state index is -3.06. The van der Waals surface area contributed by atoms with Crippen molar-refractivity contribution >= 4 is 38.4 Å². The van der Waals surface area contributed by atoms with Crippen LogP contribution in [0.25, 0.3) is 0 Å². The minimum absolute atomic E-state index is 0.0874. The molecule has 136 valence electrons. The first kappa shape index (κ1) is 18.3. The summed E-state index contributed by atoms with van der Waals surface area (Å²) >= 11 is 1.40. The van der Waals surface area contributed by atoms with Gasteiger partial charge in [0.15, 0.2) is 15.0 Å². The molecule has 0 aromatic heterocycles. The van der Waals surface area contributed by atoms with Gasteiger partial charge in [0.2, 0.25) is 0 Å². The Morgan fingerprint density at radius 2 is 2.04 bits per heavy atom. The Balaban J connectivity index is 1.97. The molecule has 1 amide bonds. The van der Waals surface area contributed by atoms with Crippen molar-refractivity contribution in [3.8, 4) is 5.75 Å². The first-order chi connectivity index (χ1) is 11.8. The lowest BCUT2D eigenvalue weighted by Crippen LogP contribution is -2.37. The number of hydrogen-bond acceptors (Lipinski definition) is 5. The van der Waals surface area contributed by atoms with E-state index in [2.05, 4.69) is 4.99 Å². The molecule has 2 fully saturated rings. The Morgan fingerprint density at radius 3 is 2.64 bits per heavy atom. The number of fused-ring (bicyclic) bond motifs is 1. The second-order valence-electron chi connectivity index (χ2n) is 6.41. The largest absolute Gasteiger partial charge is 0.497 e. The van der Waals surface area contributed by atoms with E-state index >= 15 is 0 Å². The van der Waals surface area contributed by atoms with Crippen LogP contribution >= 0.6 is 11.8 Å². The van der Waals surface area contributed by atoms with Crippen molar-refractivity contribution in [3.63, 3.8) is 0 Å². The molecule has 6 nitrogen and oxygen atoms in total. The Hall–Kier alpha value is -1.54. The second kappa shape index (κ2) is 6.99. The zero-order valence-corrected chi connectivity index (χ0v) is 16.1. The molecule has 25 heavy (non-hydrogen) atoms. The number of nitrogens with zero attached hydrogens (tertiary/aromatic N) is 2. The number of carbonyl (C=O) groups is 1. The molecule has 2 saturated heterocycles. The number of anilines is 1. The van der Waals surface area contributed by atoms with Gasteiger partial charge in [-0.05, 0) is 30.7 Å². The Bertz CT molecular complexity index is 789. The smallest absolute Gasteiger partial charge is 0.250 e. The SMILES string of the molecule is CC[C@H](C)C(=O)N=C1S[C@H]2CS(=O)(=O)C[C@H]2N1c1ccc(OC)cc1. The maximum atomic E-state index is 12.3. The zero-order chi connectivity index (χ0) is 18.2. The highest BCUT2D eigenvalue weighted by molar-refractivity contribution is 8.16. The summed E-state index contributed by atoms with van der Waals surface area (Å²) in [7, 11) is -1.46. The molecule has 0 unspecified atom stereocenters. The van der Waals surface area contributed by atoms with Crippen LogP contribution in [0.5, 0.6) is 5.75 Å². The summed E-state index contributed by atoms with van der Waals surface area (Å²) in [4.78, 5) is 18.5. The van der Waals surface area contributed by atoms with Gasteiger partial charge in [0.05, 0.1) is 24.7 Å². The van der Waals surface area contributed by atoms with Gasteiger partial charge in [-0.1, -0.05) is 25.6 Å². The lowest BCUT2D eigenvalue weighted by molar-refractivity contribution is -0.121. The van der Waals surface area contributed by atoms with Gasteiger partial charge in [0.25, 0.3) is 5.91 Å². The van der Waals surface area contributed by atoms with E-state index in [1.165, 1.54) is 11.8 Å². The van der Waals surface area contributed by atoms with Gasteiger partial charge in [0, 0.05) is 16.9 Å². The van der Waals surface area contributed by atoms with E-state index in [4.69, 9.17) is 4.74 Å². The van der Waals surface area contributed by atoms with Crippen LogP contribution in [0, 0.1) is 5.92 Å². The number of thioether (sulfide) groups is 1. The topological polar surface area (TPSA) is 76.0 Å². The highest BCUT2D eigenvalue weighted by Gasteiger charge is 2.49. The normalized spacial score (nSPS) is 27.3. The fraction of sp³-hybridized carbons (Fsp3) is 0.529. The minimum Gasteiger partial charge on any atom is -0.497 e. The Morgan fingerprint density at radius 1 is 1.36 bits per heavy atom. The van der Waals surface area contributed by atoms with Crippen LogP contribution in [0.3, 0.4) is 0 Å². The van der Waals surface area contributed by atoms with E-state index in [0.29, 0.717) is 5.17 Å². The molecule has 8 heteroatoms. The molecule has 1 aromatic rings. The quantitative estimate of drug-likeness (QED) is 0.796. The highest BCUT2D eigenvalue weighted by Crippen LogP contribution is 2.41. The molecule has 2 aliphatic rings. The van der Waals surface area contributed by atoms with E-state index < -0.39 is 9.84 Å². The van der Waals surface area contributed by atoms with E-state index in [1.807, 2.05) is 43.0 Å². The molecule has 3 rings (SSSR count). The Labute approximate surface area is 152 Å². The molecular formula is C17H22N2O4S2. The van der Waals surface area contributed by atoms with Crippen molar-refractivity contribution in [2.75, 3.05) is 23.5 Å². The fourth-order valence-corrected chi connectivity index (χ4v) is 6.91. The van der Waals surface area contributed by atoms with Crippen molar-refractivity contribution in [3.05, 3.63) is 24.3 Å². The lowest BCUT2D eigenvalue weighted by atomic mass is 10.1. The number of carbonyl (C=O) groups excluding carboxylic acids is 1. The molecule has 0 saturated carbocycles. The van der Waals surface area contributed by atoms with Gasteiger partial charge in [-0.15, -0.1) is 0 Å². The number of benzene rings is 1. The average molecular weight is 383 g/mol. The van der Waals surface area contributed by atoms with Gasteiger partial charge in [-0.25, -0.2) is 8.42 Å². The standard InChI is InChI=1S/C17H22N2O4S2/c1-4-11(2)16(20)18-17-19(12-5-7-13(23-3)8-6-12)14-9-25(21,22)10-15(14)24-17/h5-8,11,14-15H,4,9-10H2,1-3H3/t11-,14+,15-/m0/s1. The number of hydrogen-bond donors (Lipinski definition) is 0. The van der Waals surface area contributed by atoms with E-state index in [-0.39, 0.29) is 34.6 Å². The van der Waals surface area contributed by atoms with E-state index in [9.17, 15) is 13.2 Å². The van der Waals surface area contributed by atoms with Crippen molar-refractivity contribution < 1.29 is 17.9 Å². The second-order valence-corrected chi connectivity index (χ2v) is 9.77. The number of rotatable bonds is 4. The Kier molecular flexibility index (Phi) is 5.11. The predicted molar refractivity (Wildman–Crippen MR) is 101 cm³/mol. The van der Waals surface area contributed by atoms with Crippen LogP contribution in [-0.2, 0) is 14.6 Å². The number of sulfone groups is 1. The summed E-state index contributed by atoms with van der Waals surface area (Å²) in [6, 6.07) is 7.20. The average Bonchev–Trinajstić information content (AvgIpc) is 3.05. The van der Waals surface area contributed by atoms with Crippen molar-refractivity contribution in [2.45, 2.75) is 31.6 Å². The fourth-order valence-electron chi connectivity index (χ4n) is 2.99. The molecule has 0 N–H and O–H groups in total. The molecule has 0 radical (unpaired) electrons. The maximum Gasteiger partial charge on any atom is 0.250 e. The van der Waals surface area contributed by atoms with E-state index in [0.717, 1.165) is 17.9 Å². The summed E-state index contributed by atoms with van der Waals surface area (Å²) in [6.45, 7) is 3.81. The van der Waals surface area contributed by atoms with Crippen LogP contribution < -0.4 is 9.64 Å².